The number of benzene rings is 1. The van der Waals surface area contributed by atoms with E-state index in [1.807, 2.05) is 17.8 Å². The number of fused-ring (bicyclic) bond motifs is 3. The van der Waals surface area contributed by atoms with Crippen LogP contribution in [0.25, 0.3) is 16.8 Å². The maximum absolute atomic E-state index is 6.26. The summed E-state index contributed by atoms with van der Waals surface area (Å²) >= 11 is 0. The molecule has 184 valence electrons. The Morgan fingerprint density at radius 3 is 2.80 bits per heavy atom. The predicted molar refractivity (Wildman–Crippen MR) is 135 cm³/mol. The third kappa shape index (κ3) is 3.78. The van der Waals surface area contributed by atoms with Crippen molar-refractivity contribution >= 4 is 5.70 Å². The monoisotopic (exact) mass is 474 g/mol. The average Bonchev–Trinajstić information content (AvgIpc) is 3.59. The Balaban J connectivity index is 1.32. The Morgan fingerprint density at radius 2 is 2.03 bits per heavy atom. The molecule has 0 bridgehead atoms. The van der Waals surface area contributed by atoms with E-state index in [-0.39, 0.29) is 12.2 Å². The molecule has 35 heavy (non-hydrogen) atoms. The molecule has 9 nitrogen and oxygen atoms in total. The number of hydrogen-bond acceptors (Lipinski definition) is 7. The maximum atomic E-state index is 6.26. The Bertz CT molecular complexity index is 1290. The lowest BCUT2D eigenvalue weighted by atomic mass is 9.95. The van der Waals surface area contributed by atoms with Gasteiger partial charge in [0.2, 0.25) is 0 Å². The number of likely N-dealkylation sites (tertiary alicyclic amines) is 1. The van der Waals surface area contributed by atoms with E-state index >= 15 is 0 Å². The highest BCUT2D eigenvalue weighted by atomic mass is 16.5. The lowest BCUT2D eigenvalue weighted by Crippen LogP contribution is -2.28. The molecule has 1 N–H and O–H groups in total. The van der Waals surface area contributed by atoms with Crippen LogP contribution in [0.5, 0.6) is 5.75 Å². The van der Waals surface area contributed by atoms with Crippen LogP contribution in [0.2, 0.25) is 0 Å². The van der Waals surface area contributed by atoms with Crippen molar-refractivity contribution in [1.82, 2.24) is 39.7 Å². The molecule has 3 aliphatic heterocycles. The van der Waals surface area contributed by atoms with Gasteiger partial charge in [0, 0.05) is 42.9 Å². The number of aromatic nitrogens is 5. The van der Waals surface area contributed by atoms with Gasteiger partial charge in [-0.2, -0.15) is 10.2 Å². The minimum Gasteiger partial charge on any atom is -0.491 e. The number of nitrogens with one attached hydrogen (secondary N) is 1. The second kappa shape index (κ2) is 8.41. The number of ether oxygens (including phenoxy) is 1. The normalized spacial score (nSPS) is 22.0. The SMILES string of the molecule is Cc1nc(C2=CN3CCOc4cc(-c5cnn(C)c5C5CCN(C)C5)ccc4C3N2)n(C(C)C)n1. The van der Waals surface area contributed by atoms with E-state index < -0.39 is 0 Å². The van der Waals surface area contributed by atoms with Crippen LogP contribution in [0.15, 0.2) is 30.6 Å². The Hall–Kier alpha value is -3.33. The van der Waals surface area contributed by atoms with Crippen LogP contribution in [-0.4, -0.2) is 67.6 Å². The molecule has 0 radical (unpaired) electrons. The molecule has 1 saturated heterocycles. The summed E-state index contributed by atoms with van der Waals surface area (Å²) in [6.45, 7) is 9.83. The summed E-state index contributed by atoms with van der Waals surface area (Å²) in [7, 11) is 4.25. The Morgan fingerprint density at radius 1 is 1.17 bits per heavy atom. The fourth-order valence-electron chi connectivity index (χ4n) is 5.68. The fourth-order valence-corrected chi connectivity index (χ4v) is 5.68. The zero-order valence-corrected chi connectivity index (χ0v) is 21.2. The molecule has 2 unspecified atom stereocenters. The van der Waals surface area contributed by atoms with Gasteiger partial charge in [-0.3, -0.25) is 4.68 Å². The smallest absolute Gasteiger partial charge is 0.176 e. The van der Waals surface area contributed by atoms with Crippen LogP contribution in [-0.2, 0) is 7.05 Å². The van der Waals surface area contributed by atoms with Crippen LogP contribution in [0, 0.1) is 6.92 Å². The molecule has 5 heterocycles. The first-order valence-electron chi connectivity index (χ1n) is 12.5. The van der Waals surface area contributed by atoms with Crippen molar-refractivity contribution in [2.45, 2.75) is 45.3 Å². The van der Waals surface area contributed by atoms with Gasteiger partial charge in [-0.1, -0.05) is 12.1 Å². The van der Waals surface area contributed by atoms with Crippen molar-refractivity contribution < 1.29 is 4.74 Å². The third-order valence-corrected chi connectivity index (χ3v) is 7.37. The molecule has 0 aliphatic carbocycles. The average molecular weight is 475 g/mol. The maximum Gasteiger partial charge on any atom is 0.176 e. The first kappa shape index (κ1) is 22.2. The molecule has 9 heteroatoms. The Labute approximate surface area is 206 Å². The second-order valence-corrected chi connectivity index (χ2v) is 10.3. The van der Waals surface area contributed by atoms with Crippen molar-refractivity contribution in [2.24, 2.45) is 7.05 Å². The lowest BCUT2D eigenvalue weighted by Gasteiger charge is -2.23. The van der Waals surface area contributed by atoms with Crippen molar-refractivity contribution in [3.05, 3.63) is 53.5 Å². The number of rotatable bonds is 4. The van der Waals surface area contributed by atoms with Gasteiger partial charge >= 0.3 is 0 Å². The second-order valence-electron chi connectivity index (χ2n) is 10.3. The quantitative estimate of drug-likeness (QED) is 0.622. The van der Waals surface area contributed by atoms with Crippen LogP contribution in [0.3, 0.4) is 0 Å². The van der Waals surface area contributed by atoms with Crippen LogP contribution in [0.4, 0.5) is 0 Å². The number of nitrogens with zero attached hydrogens (tertiary/aromatic N) is 7. The molecule has 3 aliphatic rings. The molecule has 0 spiro atoms. The van der Waals surface area contributed by atoms with E-state index in [9.17, 15) is 0 Å². The van der Waals surface area contributed by atoms with Crippen molar-refractivity contribution in [2.75, 3.05) is 33.3 Å². The van der Waals surface area contributed by atoms with Gasteiger partial charge in [-0.25, -0.2) is 9.67 Å². The topological polar surface area (TPSA) is 76.3 Å². The van der Waals surface area contributed by atoms with E-state index in [1.165, 1.54) is 17.7 Å². The zero-order chi connectivity index (χ0) is 24.3. The predicted octanol–water partition coefficient (Wildman–Crippen LogP) is 3.28. The van der Waals surface area contributed by atoms with E-state index in [1.54, 1.807) is 0 Å². The summed E-state index contributed by atoms with van der Waals surface area (Å²) in [5.74, 6) is 3.10. The lowest BCUT2D eigenvalue weighted by molar-refractivity contribution is 0.248. The highest BCUT2D eigenvalue weighted by Crippen LogP contribution is 2.40. The summed E-state index contributed by atoms with van der Waals surface area (Å²) in [6.07, 6.45) is 5.34. The summed E-state index contributed by atoms with van der Waals surface area (Å²) in [4.78, 5) is 9.41. The molecule has 0 saturated carbocycles. The molecule has 1 aromatic carbocycles. The van der Waals surface area contributed by atoms with Gasteiger partial charge in [0.25, 0.3) is 0 Å². The van der Waals surface area contributed by atoms with Gasteiger partial charge < -0.3 is 19.9 Å². The zero-order valence-electron chi connectivity index (χ0n) is 21.2. The molecule has 2 atom stereocenters. The molecule has 2 aromatic heterocycles. The first-order chi connectivity index (χ1) is 16.9. The summed E-state index contributed by atoms with van der Waals surface area (Å²) in [5, 5.41) is 12.9. The van der Waals surface area contributed by atoms with Crippen molar-refractivity contribution in [3.8, 4) is 16.9 Å². The van der Waals surface area contributed by atoms with Crippen LogP contribution >= 0.6 is 0 Å². The van der Waals surface area contributed by atoms with E-state index in [4.69, 9.17) is 9.72 Å². The van der Waals surface area contributed by atoms with Gasteiger partial charge in [0.05, 0.1) is 24.1 Å². The van der Waals surface area contributed by atoms with Gasteiger partial charge in [0.1, 0.15) is 24.3 Å². The van der Waals surface area contributed by atoms with E-state index in [0.717, 1.165) is 53.9 Å². The third-order valence-electron chi connectivity index (χ3n) is 7.37. The summed E-state index contributed by atoms with van der Waals surface area (Å²) in [6, 6.07) is 6.85. The highest BCUT2D eigenvalue weighted by molar-refractivity contribution is 5.70. The van der Waals surface area contributed by atoms with Crippen LogP contribution in [0.1, 0.15) is 61.3 Å². The highest BCUT2D eigenvalue weighted by Gasteiger charge is 2.33. The number of likely N-dealkylation sites (N-methyl/N-ethyl adjacent to an activating group) is 1. The van der Waals surface area contributed by atoms with Gasteiger partial charge in [0.15, 0.2) is 5.82 Å². The summed E-state index contributed by atoms with van der Waals surface area (Å²) < 4.78 is 10.3. The van der Waals surface area contributed by atoms with Gasteiger partial charge in [-0.05, 0) is 52.4 Å². The Kier molecular flexibility index (Phi) is 5.32. The van der Waals surface area contributed by atoms with Crippen LogP contribution < -0.4 is 10.1 Å². The molecule has 3 aromatic rings. The van der Waals surface area contributed by atoms with E-state index in [2.05, 4.69) is 82.3 Å². The van der Waals surface area contributed by atoms with E-state index in [0.29, 0.717) is 12.5 Å². The summed E-state index contributed by atoms with van der Waals surface area (Å²) in [5.41, 5.74) is 5.82. The minimum atomic E-state index is 0.00557. The molecule has 0 amide bonds. The fraction of sp³-hybridized carbons (Fsp3) is 0.500. The van der Waals surface area contributed by atoms with Gasteiger partial charge in [-0.15, -0.1) is 0 Å². The molecular formula is C26H34N8O. The standard InChI is InChI=1S/C26H34N8O/c1-16(2)34-26(28-17(3)30-34)22-15-33-10-11-35-23-12-18(6-7-20(23)25(33)29-22)21-13-27-32(5)24(21)19-8-9-31(4)14-19/h6-7,12-13,15-16,19,25,29H,8-11,14H2,1-5H3. The number of aryl methyl sites for hydroxylation is 2. The molecular weight excluding hydrogens is 440 g/mol. The molecule has 6 rings (SSSR count). The van der Waals surface area contributed by atoms with Crippen molar-refractivity contribution in [1.29, 1.82) is 0 Å². The minimum absolute atomic E-state index is 0.00557. The first-order valence-corrected chi connectivity index (χ1v) is 12.5. The number of hydrogen-bond donors (Lipinski definition) is 1. The van der Waals surface area contributed by atoms with Crippen molar-refractivity contribution in [3.63, 3.8) is 0 Å². The molecule has 1 fully saturated rings. The largest absolute Gasteiger partial charge is 0.491 e.